The van der Waals surface area contributed by atoms with E-state index in [4.69, 9.17) is 4.74 Å². The number of aliphatic imine (C=N–C) groups is 1. The van der Waals surface area contributed by atoms with Crippen LogP contribution in [0.2, 0.25) is 0 Å². The number of rotatable bonds is 9. The minimum atomic E-state index is -4.43. The maximum absolute atomic E-state index is 12.3. The standard InChI is InChI=1S/C17H24F3N5O2/c1-2-21-16(24-9-8-22-14(26)12-5-6-12)25-10-13-4-3-7-23-15(13)27-11-17(18,19)20/h3-4,7,12H,2,5-6,8-11H2,1H3,(H,22,26)(H2,21,24,25). The molecule has 0 radical (unpaired) electrons. The van der Waals surface area contributed by atoms with Crippen LogP contribution in [-0.2, 0) is 11.3 Å². The molecular formula is C17H24F3N5O2. The zero-order valence-electron chi connectivity index (χ0n) is 15.1. The van der Waals surface area contributed by atoms with E-state index in [1.165, 1.54) is 6.20 Å². The highest BCUT2D eigenvalue weighted by Gasteiger charge is 2.29. The first-order chi connectivity index (χ1) is 12.9. The van der Waals surface area contributed by atoms with Crippen molar-refractivity contribution in [2.24, 2.45) is 10.9 Å². The average molecular weight is 387 g/mol. The van der Waals surface area contributed by atoms with Gasteiger partial charge in [-0.15, -0.1) is 0 Å². The molecule has 3 N–H and O–H groups in total. The number of ether oxygens (including phenoxy) is 1. The number of aromatic nitrogens is 1. The van der Waals surface area contributed by atoms with Crippen molar-refractivity contribution in [1.29, 1.82) is 0 Å². The first kappa shape index (κ1) is 20.8. The van der Waals surface area contributed by atoms with Crippen LogP contribution in [0.4, 0.5) is 13.2 Å². The summed E-state index contributed by atoms with van der Waals surface area (Å²) in [5.41, 5.74) is 0.445. The number of nitrogens with zero attached hydrogens (tertiary/aromatic N) is 2. The van der Waals surface area contributed by atoms with Crippen molar-refractivity contribution in [3.05, 3.63) is 23.9 Å². The van der Waals surface area contributed by atoms with Gasteiger partial charge in [0.2, 0.25) is 11.8 Å². The van der Waals surface area contributed by atoms with Crippen LogP contribution in [0.5, 0.6) is 5.88 Å². The first-order valence-corrected chi connectivity index (χ1v) is 8.82. The van der Waals surface area contributed by atoms with Crippen LogP contribution in [0.15, 0.2) is 23.3 Å². The number of hydrogen-bond acceptors (Lipinski definition) is 4. The summed E-state index contributed by atoms with van der Waals surface area (Å²) in [6.45, 7) is 2.16. The van der Waals surface area contributed by atoms with Crippen LogP contribution in [0.3, 0.4) is 0 Å². The maximum atomic E-state index is 12.3. The molecular weight excluding hydrogens is 363 g/mol. The largest absolute Gasteiger partial charge is 0.468 e. The van der Waals surface area contributed by atoms with Crippen LogP contribution < -0.4 is 20.7 Å². The van der Waals surface area contributed by atoms with Gasteiger partial charge in [-0.1, -0.05) is 6.07 Å². The highest BCUT2D eigenvalue weighted by molar-refractivity contribution is 5.81. The van der Waals surface area contributed by atoms with Gasteiger partial charge in [-0.2, -0.15) is 13.2 Å². The van der Waals surface area contributed by atoms with E-state index in [0.29, 0.717) is 31.2 Å². The Labute approximate surface area is 155 Å². The molecule has 1 aliphatic rings. The third-order valence-electron chi connectivity index (χ3n) is 3.64. The Morgan fingerprint density at radius 1 is 1.30 bits per heavy atom. The predicted octanol–water partition coefficient (Wildman–Crippen LogP) is 1.60. The molecule has 1 amide bonds. The Morgan fingerprint density at radius 2 is 2.04 bits per heavy atom. The molecule has 0 aromatic carbocycles. The molecule has 0 unspecified atom stereocenters. The van der Waals surface area contributed by atoms with Gasteiger partial charge in [0.05, 0.1) is 6.54 Å². The summed E-state index contributed by atoms with van der Waals surface area (Å²) in [5, 5.41) is 8.94. The number of alkyl halides is 3. The van der Waals surface area contributed by atoms with E-state index < -0.39 is 12.8 Å². The van der Waals surface area contributed by atoms with E-state index in [1.807, 2.05) is 6.92 Å². The van der Waals surface area contributed by atoms with Crippen molar-refractivity contribution in [2.75, 3.05) is 26.2 Å². The summed E-state index contributed by atoms with van der Waals surface area (Å²) in [5.74, 6) is 0.628. The molecule has 0 aliphatic heterocycles. The molecule has 1 aliphatic carbocycles. The summed E-state index contributed by atoms with van der Waals surface area (Å²) >= 11 is 0. The lowest BCUT2D eigenvalue weighted by atomic mass is 10.3. The Kier molecular flexibility index (Phi) is 7.68. The molecule has 10 heteroatoms. The Bertz CT molecular complexity index is 648. The lowest BCUT2D eigenvalue weighted by Crippen LogP contribution is -2.41. The van der Waals surface area contributed by atoms with E-state index in [1.54, 1.807) is 12.1 Å². The predicted molar refractivity (Wildman–Crippen MR) is 94.3 cm³/mol. The zero-order chi connectivity index (χ0) is 19.7. The fraction of sp³-hybridized carbons (Fsp3) is 0.588. The molecule has 7 nitrogen and oxygen atoms in total. The number of carbonyl (C=O) groups is 1. The number of nitrogens with one attached hydrogen (secondary N) is 3. The molecule has 1 aromatic rings. The van der Waals surface area contributed by atoms with E-state index in [2.05, 4.69) is 25.9 Å². The van der Waals surface area contributed by atoms with Crippen LogP contribution in [0.25, 0.3) is 0 Å². The number of hydrogen-bond donors (Lipinski definition) is 3. The fourth-order valence-electron chi connectivity index (χ4n) is 2.19. The van der Waals surface area contributed by atoms with Gasteiger partial charge < -0.3 is 20.7 Å². The van der Waals surface area contributed by atoms with Crippen molar-refractivity contribution in [3.8, 4) is 5.88 Å². The van der Waals surface area contributed by atoms with E-state index in [0.717, 1.165) is 12.8 Å². The van der Waals surface area contributed by atoms with Gasteiger partial charge in [0, 0.05) is 37.3 Å². The monoisotopic (exact) mass is 387 g/mol. The maximum Gasteiger partial charge on any atom is 0.422 e. The lowest BCUT2D eigenvalue weighted by Gasteiger charge is -2.13. The minimum absolute atomic E-state index is 0.0700. The van der Waals surface area contributed by atoms with Gasteiger partial charge in [-0.25, -0.2) is 9.98 Å². The molecule has 0 saturated heterocycles. The van der Waals surface area contributed by atoms with Crippen molar-refractivity contribution >= 4 is 11.9 Å². The summed E-state index contributed by atoms with van der Waals surface area (Å²) in [4.78, 5) is 19.7. The quantitative estimate of drug-likeness (QED) is 0.340. The molecule has 27 heavy (non-hydrogen) atoms. The molecule has 2 rings (SSSR count). The van der Waals surface area contributed by atoms with Crippen LogP contribution in [0.1, 0.15) is 25.3 Å². The lowest BCUT2D eigenvalue weighted by molar-refractivity contribution is -0.154. The van der Waals surface area contributed by atoms with Gasteiger partial charge in [0.15, 0.2) is 12.6 Å². The van der Waals surface area contributed by atoms with E-state index >= 15 is 0 Å². The number of guanidine groups is 1. The minimum Gasteiger partial charge on any atom is -0.468 e. The number of carbonyl (C=O) groups excluding carboxylic acids is 1. The number of pyridine rings is 1. The van der Waals surface area contributed by atoms with Gasteiger partial charge in [-0.3, -0.25) is 4.79 Å². The Balaban J connectivity index is 1.86. The molecule has 0 atom stereocenters. The van der Waals surface area contributed by atoms with Gasteiger partial charge in [0.1, 0.15) is 0 Å². The summed E-state index contributed by atoms with van der Waals surface area (Å²) in [6, 6.07) is 3.22. The molecule has 0 bridgehead atoms. The summed E-state index contributed by atoms with van der Waals surface area (Å²) in [7, 11) is 0. The topological polar surface area (TPSA) is 87.6 Å². The molecule has 1 saturated carbocycles. The molecule has 0 spiro atoms. The smallest absolute Gasteiger partial charge is 0.422 e. The highest BCUT2D eigenvalue weighted by Crippen LogP contribution is 2.28. The second kappa shape index (κ2) is 9.98. The zero-order valence-corrected chi connectivity index (χ0v) is 15.1. The third-order valence-corrected chi connectivity index (χ3v) is 3.64. The first-order valence-electron chi connectivity index (χ1n) is 8.82. The van der Waals surface area contributed by atoms with Crippen LogP contribution in [0, 0.1) is 5.92 Å². The van der Waals surface area contributed by atoms with Crippen molar-refractivity contribution in [3.63, 3.8) is 0 Å². The SMILES string of the molecule is CCNC(=NCc1cccnc1OCC(F)(F)F)NCCNC(=O)C1CC1. The third kappa shape index (κ3) is 8.14. The molecule has 1 aromatic heterocycles. The molecule has 1 heterocycles. The van der Waals surface area contributed by atoms with Gasteiger partial charge >= 0.3 is 6.18 Å². The van der Waals surface area contributed by atoms with Crippen LogP contribution in [-0.4, -0.2) is 49.3 Å². The van der Waals surface area contributed by atoms with Gasteiger partial charge in [-0.05, 0) is 25.8 Å². The highest BCUT2D eigenvalue weighted by atomic mass is 19.4. The molecule has 1 fully saturated rings. The normalized spacial score (nSPS) is 14.6. The second-order valence-corrected chi connectivity index (χ2v) is 6.06. The summed E-state index contributed by atoms with van der Waals surface area (Å²) in [6.07, 6.45) is -1.16. The van der Waals surface area contributed by atoms with Crippen LogP contribution >= 0.6 is 0 Å². The molecule has 150 valence electrons. The Hall–Kier alpha value is -2.52. The average Bonchev–Trinajstić information content (AvgIpc) is 3.46. The number of halogens is 3. The summed E-state index contributed by atoms with van der Waals surface area (Å²) < 4.78 is 41.8. The van der Waals surface area contributed by atoms with Crippen molar-refractivity contribution in [2.45, 2.75) is 32.5 Å². The van der Waals surface area contributed by atoms with Crippen molar-refractivity contribution < 1.29 is 22.7 Å². The number of amides is 1. The fourth-order valence-corrected chi connectivity index (χ4v) is 2.19. The second-order valence-electron chi connectivity index (χ2n) is 6.06. The van der Waals surface area contributed by atoms with E-state index in [-0.39, 0.29) is 24.2 Å². The van der Waals surface area contributed by atoms with Gasteiger partial charge in [0.25, 0.3) is 0 Å². The Morgan fingerprint density at radius 3 is 2.70 bits per heavy atom. The van der Waals surface area contributed by atoms with E-state index in [9.17, 15) is 18.0 Å². The van der Waals surface area contributed by atoms with Crippen molar-refractivity contribution in [1.82, 2.24) is 20.9 Å².